The Hall–Kier alpha value is 0.480. The van der Waals surface area contributed by atoms with Gasteiger partial charge in [-0.05, 0) is 0 Å². The van der Waals surface area contributed by atoms with Crippen LogP contribution >= 0.6 is 92.8 Å². The highest BCUT2D eigenvalue weighted by Gasteiger charge is 2.15. The fourth-order valence-electron chi connectivity index (χ4n) is 0.924. The number of hydrogen-bond acceptors (Lipinski definition) is 2. The number of hydrogen-bond donors (Lipinski definition) is 0. The second-order valence-corrected chi connectivity index (χ2v) is 6.25. The zero-order chi connectivity index (χ0) is 17.2. The first-order valence-electron chi connectivity index (χ1n) is 4.78. The number of nitrogens with zero attached hydrogens (tertiary/aromatic N) is 2. The zero-order valence-electron chi connectivity index (χ0n) is 9.67. The Morgan fingerprint density at radius 1 is 0.455 bits per heavy atom. The molecule has 0 amide bonds. The van der Waals surface area contributed by atoms with Crippen LogP contribution in [0.1, 0.15) is 0 Å². The van der Waals surface area contributed by atoms with Gasteiger partial charge in [-0.25, -0.2) is 4.98 Å². The van der Waals surface area contributed by atoms with Crippen molar-refractivity contribution in [3.8, 4) is 0 Å². The van der Waals surface area contributed by atoms with Gasteiger partial charge >= 0.3 is 0 Å². The van der Waals surface area contributed by atoms with E-state index in [2.05, 4.69) is 9.97 Å². The molecular weight excluding hydrogens is 470 g/mol. The van der Waals surface area contributed by atoms with E-state index in [0.717, 1.165) is 0 Å². The third kappa shape index (κ3) is 4.74. The molecule has 2 aromatic heterocycles. The van der Waals surface area contributed by atoms with E-state index < -0.39 is 21.9 Å². The van der Waals surface area contributed by atoms with E-state index in [1.54, 1.807) is 0 Å². The first-order chi connectivity index (χ1) is 10.1. The summed E-state index contributed by atoms with van der Waals surface area (Å²) < 4.78 is 24.8. The van der Waals surface area contributed by atoms with Crippen LogP contribution in [0.2, 0.25) is 40.4 Å². The van der Waals surface area contributed by atoms with Crippen molar-refractivity contribution in [1.29, 1.82) is 0 Å². The summed E-state index contributed by atoms with van der Waals surface area (Å²) >= 11 is 43.6. The van der Waals surface area contributed by atoms with Crippen molar-refractivity contribution in [3.63, 3.8) is 0 Å². The largest absolute Gasteiger partial charge is 0.235 e. The third-order valence-electron chi connectivity index (χ3n) is 1.89. The Morgan fingerprint density at radius 2 is 0.773 bits per heavy atom. The molecule has 0 unspecified atom stereocenters. The number of rotatable bonds is 0. The summed E-state index contributed by atoms with van der Waals surface area (Å²) in [6.45, 7) is 0. The lowest BCUT2D eigenvalue weighted by molar-refractivity contribution is 0.513. The van der Waals surface area contributed by atoms with E-state index in [0.29, 0.717) is 0 Å². The van der Waals surface area contributed by atoms with E-state index in [-0.39, 0.29) is 30.4 Å². The van der Waals surface area contributed by atoms with Crippen LogP contribution in [0.15, 0.2) is 0 Å². The molecule has 0 aliphatic heterocycles. The van der Waals surface area contributed by atoms with E-state index in [4.69, 9.17) is 92.8 Å². The highest BCUT2D eigenvalue weighted by Crippen LogP contribution is 2.37. The number of pyridine rings is 2. The highest BCUT2D eigenvalue weighted by molar-refractivity contribution is 6.53. The minimum absolute atomic E-state index is 0.0473. The SMILES string of the molecule is Clc1nc(Cl)c(Cl)c(Cl)c1Cl.Fc1nc(F)c(Cl)c(Cl)c1Cl. The lowest BCUT2D eigenvalue weighted by atomic mass is 10.5. The molecule has 0 atom stereocenters. The van der Waals surface area contributed by atoms with Crippen molar-refractivity contribution >= 4 is 92.8 Å². The molecule has 0 aromatic carbocycles. The molecule has 0 aliphatic rings. The number of aromatic nitrogens is 2. The second kappa shape index (κ2) is 8.54. The number of halogens is 10. The molecule has 0 radical (unpaired) electrons. The minimum Gasteiger partial charge on any atom is -0.221 e. The van der Waals surface area contributed by atoms with Crippen LogP contribution in [0.4, 0.5) is 8.78 Å². The lowest BCUT2D eigenvalue weighted by Gasteiger charge is -2.01. The fraction of sp³-hybridized carbons (Fsp3) is 0. The maximum Gasteiger partial charge on any atom is 0.235 e. The normalized spacial score (nSPS) is 10.3. The van der Waals surface area contributed by atoms with Gasteiger partial charge in [-0.3, -0.25) is 0 Å². The predicted octanol–water partition coefficient (Wildman–Crippen LogP) is 7.67. The van der Waals surface area contributed by atoms with E-state index >= 15 is 0 Å². The smallest absolute Gasteiger partial charge is 0.221 e. The Bertz CT molecular complexity index is 611. The van der Waals surface area contributed by atoms with Gasteiger partial charge in [-0.2, -0.15) is 13.8 Å². The summed E-state index contributed by atoms with van der Waals surface area (Å²) in [6.07, 6.45) is 0. The van der Waals surface area contributed by atoms with Gasteiger partial charge in [0.25, 0.3) is 0 Å². The summed E-state index contributed by atoms with van der Waals surface area (Å²) in [6, 6.07) is 0. The van der Waals surface area contributed by atoms with Crippen LogP contribution in [0, 0.1) is 11.9 Å². The van der Waals surface area contributed by atoms with Crippen LogP contribution in [-0.4, -0.2) is 9.97 Å². The molecule has 0 aliphatic carbocycles. The molecule has 0 spiro atoms. The average Bonchev–Trinajstić information content (AvgIpc) is 2.47. The molecule has 22 heavy (non-hydrogen) atoms. The molecule has 2 aromatic rings. The lowest BCUT2D eigenvalue weighted by Crippen LogP contribution is -1.91. The Kier molecular flexibility index (Phi) is 7.97. The van der Waals surface area contributed by atoms with Crippen LogP contribution in [0.5, 0.6) is 0 Å². The van der Waals surface area contributed by atoms with E-state index in [9.17, 15) is 8.78 Å². The van der Waals surface area contributed by atoms with E-state index in [1.165, 1.54) is 0 Å². The molecule has 2 nitrogen and oxygen atoms in total. The molecule has 2 rings (SSSR count). The molecule has 0 saturated heterocycles. The van der Waals surface area contributed by atoms with Gasteiger partial charge in [-0.15, -0.1) is 0 Å². The van der Waals surface area contributed by atoms with Gasteiger partial charge in [0.05, 0.1) is 20.1 Å². The highest BCUT2D eigenvalue weighted by atomic mass is 35.5. The molecule has 0 N–H and O–H groups in total. The summed E-state index contributed by atoms with van der Waals surface area (Å²) in [7, 11) is 0. The van der Waals surface area contributed by atoms with Gasteiger partial charge in [0, 0.05) is 0 Å². The summed E-state index contributed by atoms with van der Waals surface area (Å²) in [5.74, 6) is -2.34. The topological polar surface area (TPSA) is 25.8 Å². The molecule has 0 saturated carbocycles. The molecule has 0 fully saturated rings. The predicted molar refractivity (Wildman–Crippen MR) is 88.5 cm³/mol. The fourth-order valence-corrected chi connectivity index (χ4v) is 2.40. The van der Waals surface area contributed by atoms with Crippen LogP contribution < -0.4 is 0 Å². The molecule has 2 heterocycles. The first-order valence-corrected chi connectivity index (χ1v) is 7.81. The molecule has 12 heteroatoms. The summed E-state index contributed by atoms with van der Waals surface area (Å²) in [4.78, 5) is 6.37. The van der Waals surface area contributed by atoms with E-state index in [1.807, 2.05) is 0 Å². The molecule has 120 valence electrons. The first kappa shape index (κ1) is 20.5. The van der Waals surface area contributed by atoms with Crippen molar-refractivity contribution < 1.29 is 8.78 Å². The van der Waals surface area contributed by atoms with Crippen molar-refractivity contribution in [2.75, 3.05) is 0 Å². The Labute approximate surface area is 163 Å². The second-order valence-electron chi connectivity index (χ2n) is 3.27. The molecule has 0 bridgehead atoms. The Morgan fingerprint density at radius 3 is 1.14 bits per heavy atom. The third-order valence-corrected chi connectivity index (χ3v) is 5.20. The monoisotopic (exact) mass is 466 g/mol. The van der Waals surface area contributed by atoms with Gasteiger partial charge in [0.2, 0.25) is 11.9 Å². The maximum absolute atomic E-state index is 12.4. The van der Waals surface area contributed by atoms with Gasteiger partial charge in [0.15, 0.2) is 10.3 Å². The molecular formula is C10Cl8F2N2. The van der Waals surface area contributed by atoms with Gasteiger partial charge in [-0.1, -0.05) is 92.8 Å². The van der Waals surface area contributed by atoms with Crippen molar-refractivity contribution in [2.24, 2.45) is 0 Å². The minimum atomic E-state index is -1.17. The Balaban J connectivity index is 0.000000220. The van der Waals surface area contributed by atoms with Gasteiger partial charge < -0.3 is 0 Å². The van der Waals surface area contributed by atoms with Gasteiger partial charge in [0.1, 0.15) is 10.0 Å². The summed E-state index contributed by atoms with van der Waals surface area (Å²) in [5.41, 5.74) is 0. The zero-order valence-corrected chi connectivity index (χ0v) is 15.7. The average molecular weight is 470 g/mol. The standard InChI is InChI=1S/C5Cl5N.C5Cl3F2N/c2*6-1-2(7)4(9)11-5(10)3(1)8. The van der Waals surface area contributed by atoms with Crippen LogP contribution in [0.3, 0.4) is 0 Å². The van der Waals surface area contributed by atoms with Crippen molar-refractivity contribution in [2.45, 2.75) is 0 Å². The van der Waals surface area contributed by atoms with Crippen molar-refractivity contribution in [1.82, 2.24) is 9.97 Å². The van der Waals surface area contributed by atoms with Crippen LogP contribution in [0.25, 0.3) is 0 Å². The van der Waals surface area contributed by atoms with Crippen molar-refractivity contribution in [3.05, 3.63) is 52.3 Å². The maximum atomic E-state index is 12.4. The van der Waals surface area contributed by atoms with Crippen LogP contribution in [-0.2, 0) is 0 Å². The summed E-state index contributed by atoms with van der Waals surface area (Å²) in [5, 5.41) is -0.865. The quantitative estimate of drug-likeness (QED) is 0.370.